The topological polar surface area (TPSA) is 94.0 Å². The molecule has 0 saturated heterocycles. The summed E-state index contributed by atoms with van der Waals surface area (Å²) >= 11 is 7.30. The number of nitrogens with one attached hydrogen (secondary N) is 1. The van der Waals surface area contributed by atoms with E-state index in [0.717, 1.165) is 5.56 Å². The summed E-state index contributed by atoms with van der Waals surface area (Å²) in [4.78, 5) is 12.7. The molecule has 0 atom stereocenters. The zero-order valence-electron chi connectivity index (χ0n) is 18.2. The number of nitrogens with zero attached hydrogens (tertiary/aromatic N) is 3. The van der Waals surface area contributed by atoms with Crippen LogP contribution in [0.3, 0.4) is 0 Å². The van der Waals surface area contributed by atoms with Gasteiger partial charge in [0.2, 0.25) is 5.91 Å². The van der Waals surface area contributed by atoms with Crippen molar-refractivity contribution in [3.8, 4) is 5.69 Å². The Balaban J connectivity index is 1.56. The highest BCUT2D eigenvalue weighted by Gasteiger charge is 2.23. The standard InChI is InChI=1S/C24H21ClN4O3S2/c1-17-12-13-18(14-21(17)25)26-23(30)15-33-24-28-27-22(29(24)19-8-4-2-5-9-19)16-34(31,32)20-10-6-3-7-11-20/h2-14H,15-16H2,1H3,(H,26,30). The van der Waals surface area contributed by atoms with Gasteiger partial charge in [0, 0.05) is 16.4 Å². The second kappa shape index (κ2) is 10.4. The quantitative estimate of drug-likeness (QED) is 0.336. The van der Waals surface area contributed by atoms with Gasteiger partial charge >= 0.3 is 0 Å². The van der Waals surface area contributed by atoms with Gasteiger partial charge in [-0.05, 0) is 48.9 Å². The molecule has 4 rings (SSSR count). The number of rotatable bonds is 8. The van der Waals surface area contributed by atoms with Crippen LogP contribution in [0.5, 0.6) is 0 Å². The lowest BCUT2D eigenvalue weighted by molar-refractivity contribution is -0.113. The molecule has 1 amide bonds. The zero-order valence-corrected chi connectivity index (χ0v) is 20.6. The molecule has 174 valence electrons. The summed E-state index contributed by atoms with van der Waals surface area (Å²) in [6.45, 7) is 1.88. The minimum Gasteiger partial charge on any atom is -0.325 e. The highest BCUT2D eigenvalue weighted by molar-refractivity contribution is 7.99. The predicted molar refractivity (Wildman–Crippen MR) is 134 cm³/mol. The maximum Gasteiger partial charge on any atom is 0.234 e. The SMILES string of the molecule is Cc1ccc(NC(=O)CSc2nnc(CS(=O)(=O)c3ccccc3)n2-c2ccccc2)cc1Cl. The smallest absolute Gasteiger partial charge is 0.234 e. The first-order valence-corrected chi connectivity index (χ1v) is 13.3. The predicted octanol–water partition coefficient (Wildman–Crippen LogP) is 4.93. The molecule has 1 heterocycles. The van der Waals surface area contributed by atoms with Crippen molar-refractivity contribution < 1.29 is 13.2 Å². The molecule has 34 heavy (non-hydrogen) atoms. The number of amides is 1. The van der Waals surface area contributed by atoms with E-state index in [9.17, 15) is 13.2 Å². The number of aromatic nitrogens is 3. The van der Waals surface area contributed by atoms with Crippen molar-refractivity contribution in [1.82, 2.24) is 14.8 Å². The highest BCUT2D eigenvalue weighted by Crippen LogP contribution is 2.25. The van der Waals surface area contributed by atoms with Crippen molar-refractivity contribution in [2.75, 3.05) is 11.1 Å². The first kappa shape index (κ1) is 24.0. The third-order valence-electron chi connectivity index (χ3n) is 4.92. The summed E-state index contributed by atoms with van der Waals surface area (Å²) in [6.07, 6.45) is 0. The molecule has 10 heteroatoms. The van der Waals surface area contributed by atoms with Crippen molar-refractivity contribution in [1.29, 1.82) is 0 Å². The van der Waals surface area contributed by atoms with Gasteiger partial charge in [-0.25, -0.2) is 8.42 Å². The number of para-hydroxylation sites is 1. The van der Waals surface area contributed by atoms with Crippen molar-refractivity contribution in [3.05, 3.63) is 95.3 Å². The van der Waals surface area contributed by atoms with E-state index in [1.807, 2.05) is 43.3 Å². The minimum absolute atomic E-state index is 0.0574. The lowest BCUT2D eigenvalue weighted by Crippen LogP contribution is -2.15. The molecule has 1 aromatic heterocycles. The number of carbonyl (C=O) groups is 1. The van der Waals surface area contributed by atoms with Gasteiger partial charge in [-0.15, -0.1) is 10.2 Å². The molecule has 7 nitrogen and oxygen atoms in total. The Morgan fingerprint density at radius 3 is 2.35 bits per heavy atom. The molecular weight excluding hydrogens is 492 g/mol. The van der Waals surface area contributed by atoms with Crippen LogP contribution in [0.15, 0.2) is 88.9 Å². The molecule has 4 aromatic rings. The van der Waals surface area contributed by atoms with E-state index in [1.54, 1.807) is 47.0 Å². The van der Waals surface area contributed by atoms with Crippen LogP contribution in [0, 0.1) is 6.92 Å². The van der Waals surface area contributed by atoms with Crippen LogP contribution in [0.4, 0.5) is 5.69 Å². The summed E-state index contributed by atoms with van der Waals surface area (Å²) in [5, 5.41) is 12.1. The third kappa shape index (κ3) is 5.67. The minimum atomic E-state index is -3.63. The van der Waals surface area contributed by atoms with Crippen LogP contribution < -0.4 is 5.32 Å². The molecule has 0 bridgehead atoms. The Hall–Kier alpha value is -3.14. The summed E-state index contributed by atoms with van der Waals surface area (Å²) in [5.41, 5.74) is 2.22. The third-order valence-corrected chi connectivity index (χ3v) is 7.89. The Morgan fingerprint density at radius 2 is 1.68 bits per heavy atom. The summed E-state index contributed by atoms with van der Waals surface area (Å²) in [5.74, 6) is -0.246. The molecule has 1 N–H and O–H groups in total. The number of sulfone groups is 1. The maximum atomic E-state index is 13.0. The normalized spacial score (nSPS) is 11.4. The van der Waals surface area contributed by atoms with E-state index in [0.29, 0.717) is 21.6 Å². The molecule has 0 aliphatic rings. The first-order chi connectivity index (χ1) is 16.3. The number of carbonyl (C=O) groups excluding carboxylic acids is 1. The number of aryl methyl sites for hydroxylation is 1. The number of benzene rings is 3. The van der Waals surface area contributed by atoms with Crippen molar-refractivity contribution in [2.45, 2.75) is 22.7 Å². The van der Waals surface area contributed by atoms with Crippen LogP contribution in [0.1, 0.15) is 11.4 Å². The van der Waals surface area contributed by atoms with E-state index < -0.39 is 9.84 Å². The number of hydrogen-bond donors (Lipinski definition) is 1. The van der Waals surface area contributed by atoms with E-state index in [4.69, 9.17) is 11.6 Å². The van der Waals surface area contributed by atoms with Gasteiger partial charge in [-0.1, -0.05) is 65.8 Å². The first-order valence-electron chi connectivity index (χ1n) is 10.3. The van der Waals surface area contributed by atoms with Gasteiger partial charge in [-0.2, -0.15) is 0 Å². The fraction of sp³-hybridized carbons (Fsp3) is 0.125. The summed E-state index contributed by atoms with van der Waals surface area (Å²) in [6, 6.07) is 22.7. The Labute approximate surface area is 207 Å². The van der Waals surface area contributed by atoms with Gasteiger partial charge in [0.15, 0.2) is 20.8 Å². The largest absolute Gasteiger partial charge is 0.325 e. The number of anilines is 1. The molecule has 0 unspecified atom stereocenters. The highest BCUT2D eigenvalue weighted by atomic mass is 35.5. The zero-order chi connectivity index (χ0) is 24.1. The second-order valence-corrected chi connectivity index (χ2v) is 10.8. The van der Waals surface area contributed by atoms with Gasteiger partial charge in [0.05, 0.1) is 10.6 Å². The molecule has 0 fully saturated rings. The van der Waals surface area contributed by atoms with Gasteiger partial charge in [-0.3, -0.25) is 9.36 Å². The van der Waals surface area contributed by atoms with Crippen LogP contribution in [0.25, 0.3) is 5.69 Å². The molecule has 3 aromatic carbocycles. The van der Waals surface area contributed by atoms with Gasteiger partial charge in [0.1, 0.15) is 5.75 Å². The Bertz CT molecular complexity index is 1410. The molecule has 0 saturated carbocycles. The van der Waals surface area contributed by atoms with E-state index in [-0.39, 0.29) is 28.1 Å². The van der Waals surface area contributed by atoms with Gasteiger partial charge in [0.25, 0.3) is 0 Å². The Morgan fingerprint density at radius 1 is 1.00 bits per heavy atom. The average Bonchev–Trinajstić information content (AvgIpc) is 3.23. The second-order valence-electron chi connectivity index (χ2n) is 7.44. The van der Waals surface area contributed by atoms with E-state index >= 15 is 0 Å². The number of hydrogen-bond acceptors (Lipinski definition) is 6. The summed E-state index contributed by atoms with van der Waals surface area (Å²) < 4.78 is 27.6. The molecule has 0 spiro atoms. The van der Waals surface area contributed by atoms with E-state index in [2.05, 4.69) is 15.5 Å². The van der Waals surface area contributed by atoms with Crippen LogP contribution in [0.2, 0.25) is 5.02 Å². The molecule has 0 radical (unpaired) electrons. The lowest BCUT2D eigenvalue weighted by Gasteiger charge is -2.11. The van der Waals surface area contributed by atoms with E-state index in [1.165, 1.54) is 11.8 Å². The van der Waals surface area contributed by atoms with Crippen LogP contribution >= 0.6 is 23.4 Å². The maximum absolute atomic E-state index is 13.0. The monoisotopic (exact) mass is 512 g/mol. The Kier molecular flexibility index (Phi) is 7.35. The molecule has 0 aliphatic carbocycles. The van der Waals surface area contributed by atoms with Gasteiger partial charge < -0.3 is 5.32 Å². The fourth-order valence-electron chi connectivity index (χ4n) is 3.20. The van der Waals surface area contributed by atoms with Crippen molar-refractivity contribution in [3.63, 3.8) is 0 Å². The fourth-order valence-corrected chi connectivity index (χ4v) is 5.42. The lowest BCUT2D eigenvalue weighted by atomic mass is 10.2. The summed E-state index contributed by atoms with van der Waals surface area (Å²) in [7, 11) is -3.63. The molecular formula is C24H21ClN4O3S2. The average molecular weight is 513 g/mol. The van der Waals surface area contributed by atoms with Crippen molar-refractivity contribution in [2.24, 2.45) is 0 Å². The van der Waals surface area contributed by atoms with Crippen molar-refractivity contribution >= 4 is 44.8 Å². The number of halogens is 1. The van der Waals surface area contributed by atoms with Crippen LogP contribution in [-0.4, -0.2) is 34.8 Å². The molecule has 0 aliphatic heterocycles. The number of thioether (sulfide) groups is 1. The van der Waals surface area contributed by atoms with Crippen LogP contribution in [-0.2, 0) is 20.4 Å².